The summed E-state index contributed by atoms with van der Waals surface area (Å²) in [4.78, 5) is 0. The fraction of sp³-hybridized carbons (Fsp3) is 0.600. The second kappa shape index (κ2) is 6.46. The highest BCUT2D eigenvalue weighted by Crippen LogP contribution is 2.32. The molecule has 1 aromatic rings. The van der Waals surface area contributed by atoms with E-state index in [1.807, 2.05) is 0 Å². The van der Waals surface area contributed by atoms with Crippen LogP contribution in [0.15, 0.2) is 18.2 Å². The van der Waals surface area contributed by atoms with Crippen LogP contribution < -0.4 is 5.32 Å². The summed E-state index contributed by atoms with van der Waals surface area (Å²) in [6, 6.07) is 2.50. The van der Waals surface area contributed by atoms with Gasteiger partial charge < -0.3 is 5.32 Å². The molecule has 0 aromatic heterocycles. The van der Waals surface area contributed by atoms with Gasteiger partial charge in [0.25, 0.3) is 0 Å². The molecule has 1 aromatic carbocycles. The summed E-state index contributed by atoms with van der Waals surface area (Å²) >= 11 is 0. The van der Waals surface area contributed by atoms with Crippen molar-refractivity contribution < 1.29 is 17.6 Å². The van der Waals surface area contributed by atoms with Gasteiger partial charge in [-0.1, -0.05) is 25.7 Å². The molecule has 1 aliphatic carbocycles. The molecule has 0 radical (unpaired) electrons. The number of hydrogen-bond acceptors (Lipinski definition) is 1. The highest BCUT2D eigenvalue weighted by Gasteiger charge is 2.31. The van der Waals surface area contributed by atoms with Gasteiger partial charge in [-0.2, -0.15) is 13.2 Å². The number of alkyl halides is 3. The maximum Gasteiger partial charge on any atom is 0.416 e. The lowest BCUT2D eigenvalue weighted by molar-refractivity contribution is -0.137. The monoisotopic (exact) mass is 289 g/mol. The molecule has 0 aliphatic heterocycles. The van der Waals surface area contributed by atoms with Gasteiger partial charge in [0.2, 0.25) is 0 Å². The van der Waals surface area contributed by atoms with Gasteiger partial charge in [-0.3, -0.25) is 0 Å². The number of rotatable bonds is 3. The molecule has 2 rings (SSSR count). The minimum absolute atomic E-state index is 0.0518. The third-order valence-corrected chi connectivity index (χ3v) is 3.85. The first-order chi connectivity index (χ1) is 9.47. The number of nitrogens with one attached hydrogen (secondary N) is 1. The molecule has 1 aliphatic rings. The molecule has 0 heterocycles. The Hall–Kier alpha value is -1.26. The van der Waals surface area contributed by atoms with Crippen molar-refractivity contribution >= 4 is 5.69 Å². The summed E-state index contributed by atoms with van der Waals surface area (Å²) in [7, 11) is 0. The van der Waals surface area contributed by atoms with E-state index in [1.165, 1.54) is 12.8 Å². The van der Waals surface area contributed by atoms with Gasteiger partial charge in [0, 0.05) is 6.54 Å². The van der Waals surface area contributed by atoms with Crippen LogP contribution in [0.3, 0.4) is 0 Å². The molecule has 0 bridgehead atoms. The number of hydrogen-bond donors (Lipinski definition) is 1. The van der Waals surface area contributed by atoms with Gasteiger partial charge >= 0.3 is 6.18 Å². The summed E-state index contributed by atoms with van der Waals surface area (Å²) in [6.07, 6.45) is 2.42. The summed E-state index contributed by atoms with van der Waals surface area (Å²) in [5.74, 6) is -0.210. The van der Waals surface area contributed by atoms with Crippen molar-refractivity contribution in [2.24, 2.45) is 5.92 Å². The van der Waals surface area contributed by atoms with E-state index in [0.29, 0.717) is 12.5 Å². The second-order valence-electron chi connectivity index (χ2n) is 5.43. The minimum atomic E-state index is -4.44. The van der Waals surface area contributed by atoms with Gasteiger partial charge in [0.15, 0.2) is 0 Å². The molecule has 0 unspecified atom stereocenters. The van der Waals surface area contributed by atoms with E-state index < -0.39 is 17.6 Å². The molecule has 0 atom stereocenters. The second-order valence-corrected chi connectivity index (χ2v) is 5.43. The zero-order chi connectivity index (χ0) is 14.6. The Morgan fingerprint density at radius 3 is 2.30 bits per heavy atom. The fourth-order valence-corrected chi connectivity index (χ4v) is 2.66. The van der Waals surface area contributed by atoms with E-state index in [2.05, 4.69) is 5.32 Å². The normalized spacial score (nSPS) is 17.8. The Morgan fingerprint density at radius 2 is 1.70 bits per heavy atom. The third-order valence-electron chi connectivity index (χ3n) is 3.85. The van der Waals surface area contributed by atoms with Crippen LogP contribution in [-0.2, 0) is 6.18 Å². The van der Waals surface area contributed by atoms with Crippen molar-refractivity contribution in [3.05, 3.63) is 29.6 Å². The van der Waals surface area contributed by atoms with Crippen LogP contribution in [0.2, 0.25) is 0 Å². The van der Waals surface area contributed by atoms with Crippen molar-refractivity contribution in [1.82, 2.24) is 0 Å². The maximum absolute atomic E-state index is 13.6. The van der Waals surface area contributed by atoms with Gasteiger partial charge in [0.05, 0.1) is 11.3 Å². The largest absolute Gasteiger partial charge is 0.416 e. The van der Waals surface area contributed by atoms with Crippen molar-refractivity contribution in [1.29, 1.82) is 0 Å². The molecule has 112 valence electrons. The van der Waals surface area contributed by atoms with Crippen molar-refractivity contribution in [2.45, 2.75) is 44.7 Å². The topological polar surface area (TPSA) is 12.0 Å². The van der Waals surface area contributed by atoms with E-state index in [1.54, 1.807) is 0 Å². The molecule has 1 fully saturated rings. The fourth-order valence-electron chi connectivity index (χ4n) is 2.66. The zero-order valence-electron chi connectivity index (χ0n) is 11.3. The lowest BCUT2D eigenvalue weighted by Crippen LogP contribution is -2.15. The van der Waals surface area contributed by atoms with Crippen LogP contribution >= 0.6 is 0 Å². The Morgan fingerprint density at radius 1 is 1.05 bits per heavy atom. The van der Waals surface area contributed by atoms with Crippen LogP contribution in [0.5, 0.6) is 0 Å². The number of halogens is 4. The Balaban J connectivity index is 2.01. The maximum atomic E-state index is 13.6. The van der Waals surface area contributed by atoms with E-state index in [-0.39, 0.29) is 5.69 Å². The Labute approximate surface area is 116 Å². The molecule has 0 spiro atoms. The quantitative estimate of drug-likeness (QED) is 0.593. The van der Waals surface area contributed by atoms with Crippen LogP contribution in [0.4, 0.5) is 23.2 Å². The predicted molar refractivity (Wildman–Crippen MR) is 71.1 cm³/mol. The van der Waals surface area contributed by atoms with Crippen LogP contribution in [0, 0.1) is 11.7 Å². The third kappa shape index (κ3) is 4.12. The molecule has 1 N–H and O–H groups in total. The number of benzene rings is 1. The first-order valence-corrected chi connectivity index (χ1v) is 7.07. The van der Waals surface area contributed by atoms with Crippen LogP contribution in [0.1, 0.15) is 44.1 Å². The standard InChI is InChI=1S/C15H19F4N/c16-13-8-7-12(15(17,18)19)9-14(13)20-10-11-5-3-1-2-4-6-11/h7-9,11,20H,1-6,10H2. The smallest absolute Gasteiger partial charge is 0.382 e. The molecule has 0 amide bonds. The average molecular weight is 289 g/mol. The SMILES string of the molecule is Fc1ccc(C(F)(F)F)cc1NCC1CCCCCC1. The Kier molecular flexibility index (Phi) is 4.89. The highest BCUT2D eigenvalue weighted by atomic mass is 19.4. The zero-order valence-corrected chi connectivity index (χ0v) is 11.3. The Bertz CT molecular complexity index is 434. The van der Waals surface area contributed by atoms with E-state index >= 15 is 0 Å². The average Bonchev–Trinajstić information content (AvgIpc) is 2.65. The molecule has 1 saturated carbocycles. The van der Waals surface area contributed by atoms with E-state index in [0.717, 1.165) is 43.9 Å². The van der Waals surface area contributed by atoms with E-state index in [4.69, 9.17) is 0 Å². The summed E-state index contributed by atoms with van der Waals surface area (Å²) < 4.78 is 51.4. The summed E-state index contributed by atoms with van der Waals surface area (Å²) in [6.45, 7) is 0.540. The summed E-state index contributed by atoms with van der Waals surface area (Å²) in [5.41, 5.74) is -0.869. The molecule has 20 heavy (non-hydrogen) atoms. The lowest BCUT2D eigenvalue weighted by atomic mass is 10.0. The summed E-state index contributed by atoms with van der Waals surface area (Å²) in [5, 5.41) is 2.85. The highest BCUT2D eigenvalue weighted by molar-refractivity contribution is 5.48. The van der Waals surface area contributed by atoms with Gasteiger partial charge in [-0.25, -0.2) is 4.39 Å². The van der Waals surface area contributed by atoms with E-state index in [9.17, 15) is 17.6 Å². The lowest BCUT2D eigenvalue weighted by Gasteiger charge is -2.17. The molecular formula is C15H19F4N. The van der Waals surface area contributed by atoms with Crippen molar-refractivity contribution in [3.63, 3.8) is 0 Å². The van der Waals surface area contributed by atoms with Crippen LogP contribution in [0.25, 0.3) is 0 Å². The van der Waals surface area contributed by atoms with Gasteiger partial charge in [0.1, 0.15) is 5.82 Å². The molecule has 1 nitrogen and oxygen atoms in total. The first kappa shape index (κ1) is 15.1. The number of anilines is 1. The molecule has 5 heteroatoms. The van der Waals surface area contributed by atoms with Crippen LogP contribution in [-0.4, -0.2) is 6.54 Å². The molecule has 0 saturated heterocycles. The van der Waals surface area contributed by atoms with Gasteiger partial charge in [-0.15, -0.1) is 0 Å². The van der Waals surface area contributed by atoms with Crippen molar-refractivity contribution in [3.8, 4) is 0 Å². The first-order valence-electron chi connectivity index (χ1n) is 7.07. The van der Waals surface area contributed by atoms with Gasteiger partial charge in [-0.05, 0) is 37.0 Å². The minimum Gasteiger partial charge on any atom is -0.382 e. The predicted octanol–water partition coefficient (Wildman–Crippen LogP) is 5.23. The van der Waals surface area contributed by atoms with Crippen molar-refractivity contribution in [2.75, 3.05) is 11.9 Å². The molecular weight excluding hydrogens is 270 g/mol.